The number of aliphatic hydroxyl groups excluding tert-OH is 1. The molecule has 0 radical (unpaired) electrons. The summed E-state index contributed by atoms with van der Waals surface area (Å²) < 4.78 is 33.9. The van der Waals surface area contributed by atoms with Gasteiger partial charge in [-0.3, -0.25) is 9.10 Å². The third-order valence-electron chi connectivity index (χ3n) is 6.16. The number of benzene rings is 2. The van der Waals surface area contributed by atoms with Crippen LogP contribution in [0.5, 0.6) is 5.75 Å². The van der Waals surface area contributed by atoms with Crippen molar-refractivity contribution in [3.8, 4) is 5.75 Å². The third-order valence-corrected chi connectivity index (χ3v) is 7.94. The van der Waals surface area contributed by atoms with E-state index in [4.69, 9.17) is 4.74 Å². The second kappa shape index (κ2) is 7.84. The lowest BCUT2D eigenvalue weighted by Gasteiger charge is -2.47. The predicted octanol–water partition coefficient (Wildman–Crippen LogP) is 3.10. The van der Waals surface area contributed by atoms with Crippen LogP contribution in [-0.2, 0) is 14.8 Å². The average Bonchev–Trinajstić information content (AvgIpc) is 2.75. The van der Waals surface area contributed by atoms with E-state index < -0.39 is 27.8 Å². The number of carbonyl (C=O) groups excluding carboxylic acids is 1. The first-order valence-corrected chi connectivity index (χ1v) is 11.9. The Labute approximate surface area is 183 Å². The van der Waals surface area contributed by atoms with E-state index in [2.05, 4.69) is 0 Å². The highest BCUT2D eigenvalue weighted by atomic mass is 32.2. The first-order chi connectivity index (χ1) is 14.6. The molecule has 0 bridgehead atoms. The summed E-state index contributed by atoms with van der Waals surface area (Å²) in [6.45, 7) is 4.07. The smallest absolute Gasteiger partial charge is 0.264 e. The molecule has 2 aliphatic heterocycles. The fourth-order valence-electron chi connectivity index (χ4n) is 4.30. The van der Waals surface area contributed by atoms with Crippen LogP contribution in [0.2, 0.25) is 0 Å². The van der Waals surface area contributed by atoms with E-state index in [9.17, 15) is 18.3 Å². The van der Waals surface area contributed by atoms with Crippen LogP contribution in [0.15, 0.2) is 53.4 Å². The highest BCUT2D eigenvalue weighted by Gasteiger charge is 2.47. The molecule has 31 heavy (non-hydrogen) atoms. The maximum absolute atomic E-state index is 13.3. The highest BCUT2D eigenvalue weighted by molar-refractivity contribution is 7.92. The lowest BCUT2D eigenvalue weighted by molar-refractivity contribution is -0.147. The van der Waals surface area contributed by atoms with Gasteiger partial charge in [0, 0.05) is 25.6 Å². The number of piperidine rings is 1. The van der Waals surface area contributed by atoms with Gasteiger partial charge in [-0.2, -0.15) is 0 Å². The zero-order valence-electron chi connectivity index (χ0n) is 18.0. The Hall–Kier alpha value is -2.58. The third kappa shape index (κ3) is 3.78. The molecule has 7 nitrogen and oxygen atoms in total. The van der Waals surface area contributed by atoms with Crippen LogP contribution in [-0.4, -0.2) is 49.6 Å². The van der Waals surface area contributed by atoms with Gasteiger partial charge in [0.25, 0.3) is 10.0 Å². The van der Waals surface area contributed by atoms with Crippen molar-refractivity contribution >= 4 is 21.6 Å². The molecule has 1 saturated heterocycles. The minimum atomic E-state index is -3.85. The number of para-hydroxylation sites is 1. The molecule has 2 aromatic carbocycles. The Kier molecular flexibility index (Phi) is 5.47. The number of hydrogen-bond donors (Lipinski definition) is 1. The largest absolute Gasteiger partial charge is 0.485 e. The Balaban J connectivity index is 1.79. The second-order valence-corrected chi connectivity index (χ2v) is 10.6. The van der Waals surface area contributed by atoms with Crippen LogP contribution in [0, 0.1) is 0 Å². The molecule has 2 aromatic rings. The van der Waals surface area contributed by atoms with E-state index in [0.717, 1.165) is 12.8 Å². The van der Waals surface area contributed by atoms with E-state index in [-0.39, 0.29) is 10.8 Å². The summed E-state index contributed by atoms with van der Waals surface area (Å²) >= 11 is 0. The standard InChI is InChI=1S/C23H28N2O5S/c1-23(2)22(27)21(25-14-8-7-11-20(25)26)18-15-17(12-13-19(18)30-23)31(28,29)24(3)16-9-5-4-6-10-16/h4-6,9-10,12-13,15,21-22,27H,7-8,11,14H2,1-3H3/t21-,22+/m1/s1. The molecule has 0 unspecified atom stereocenters. The maximum Gasteiger partial charge on any atom is 0.264 e. The van der Waals surface area contributed by atoms with Gasteiger partial charge in [-0.1, -0.05) is 18.2 Å². The first kappa shape index (κ1) is 21.6. The van der Waals surface area contributed by atoms with Gasteiger partial charge < -0.3 is 14.7 Å². The van der Waals surface area contributed by atoms with E-state index in [0.29, 0.717) is 30.0 Å². The number of anilines is 1. The van der Waals surface area contributed by atoms with Gasteiger partial charge in [0.15, 0.2) is 0 Å². The van der Waals surface area contributed by atoms with Crippen molar-refractivity contribution in [2.75, 3.05) is 17.9 Å². The molecule has 8 heteroatoms. The molecule has 0 saturated carbocycles. The lowest BCUT2D eigenvalue weighted by Crippen LogP contribution is -2.55. The molecule has 4 rings (SSSR count). The average molecular weight is 445 g/mol. The summed E-state index contributed by atoms with van der Waals surface area (Å²) in [5.41, 5.74) is 0.140. The molecule has 166 valence electrons. The summed E-state index contributed by atoms with van der Waals surface area (Å²) in [7, 11) is -2.34. The molecule has 0 aromatic heterocycles. The number of carbonyl (C=O) groups is 1. The van der Waals surface area contributed by atoms with Gasteiger partial charge in [-0.05, 0) is 57.0 Å². The van der Waals surface area contributed by atoms with Crippen molar-refractivity contribution < 1.29 is 23.1 Å². The summed E-state index contributed by atoms with van der Waals surface area (Å²) in [6, 6.07) is 12.8. The van der Waals surface area contributed by atoms with Gasteiger partial charge in [0.1, 0.15) is 17.5 Å². The molecule has 1 fully saturated rings. The number of amides is 1. The molecule has 1 amide bonds. The quantitative estimate of drug-likeness (QED) is 0.783. The number of rotatable bonds is 4. The van der Waals surface area contributed by atoms with Crippen LogP contribution < -0.4 is 9.04 Å². The van der Waals surface area contributed by atoms with Crippen LogP contribution in [0.4, 0.5) is 5.69 Å². The first-order valence-electron chi connectivity index (χ1n) is 10.5. The number of ether oxygens (including phenoxy) is 1. The topological polar surface area (TPSA) is 87.2 Å². The van der Waals surface area contributed by atoms with Crippen LogP contribution in [0.3, 0.4) is 0 Å². The Morgan fingerprint density at radius 2 is 1.84 bits per heavy atom. The van der Waals surface area contributed by atoms with Gasteiger partial charge in [-0.25, -0.2) is 8.42 Å². The SMILES string of the molecule is CN(c1ccccc1)S(=O)(=O)c1ccc2c(c1)[C@@H](N1CCCCC1=O)[C@H](O)C(C)(C)O2. The number of hydrogen-bond acceptors (Lipinski definition) is 5. The number of fused-ring (bicyclic) bond motifs is 1. The zero-order valence-corrected chi connectivity index (χ0v) is 18.8. The van der Waals surface area contributed by atoms with E-state index >= 15 is 0 Å². The van der Waals surface area contributed by atoms with Crippen molar-refractivity contribution in [3.05, 3.63) is 54.1 Å². The van der Waals surface area contributed by atoms with Crippen molar-refractivity contribution in [3.63, 3.8) is 0 Å². The van der Waals surface area contributed by atoms with Crippen LogP contribution >= 0.6 is 0 Å². The number of nitrogens with zero attached hydrogens (tertiary/aromatic N) is 2. The molecule has 0 aliphatic carbocycles. The normalized spacial score (nSPS) is 23.1. The molecule has 2 aliphatic rings. The van der Waals surface area contributed by atoms with Gasteiger partial charge in [0.2, 0.25) is 5.91 Å². The molecule has 2 atom stereocenters. The van der Waals surface area contributed by atoms with Crippen LogP contribution in [0.25, 0.3) is 0 Å². The van der Waals surface area contributed by atoms with Crippen LogP contribution in [0.1, 0.15) is 44.7 Å². The van der Waals surface area contributed by atoms with Crippen molar-refractivity contribution in [1.82, 2.24) is 4.90 Å². The fraction of sp³-hybridized carbons (Fsp3) is 0.435. The molecular formula is C23H28N2O5S. The van der Waals surface area contributed by atoms with Crippen molar-refractivity contribution in [2.45, 2.75) is 55.8 Å². The summed E-state index contributed by atoms with van der Waals surface area (Å²) in [5, 5.41) is 11.1. The lowest BCUT2D eigenvalue weighted by atomic mass is 9.84. The molecule has 1 N–H and O–H groups in total. The number of sulfonamides is 1. The van der Waals surface area contributed by atoms with Crippen molar-refractivity contribution in [2.24, 2.45) is 0 Å². The van der Waals surface area contributed by atoms with E-state index in [1.807, 2.05) is 6.07 Å². The Morgan fingerprint density at radius 3 is 2.52 bits per heavy atom. The maximum atomic E-state index is 13.3. The summed E-state index contributed by atoms with van der Waals surface area (Å²) in [6.07, 6.45) is 1.10. The predicted molar refractivity (Wildman–Crippen MR) is 117 cm³/mol. The fourth-order valence-corrected chi connectivity index (χ4v) is 5.53. The molecule has 2 heterocycles. The monoisotopic (exact) mass is 444 g/mol. The van der Waals surface area contributed by atoms with E-state index in [1.165, 1.54) is 23.5 Å². The number of likely N-dealkylation sites (tertiary alicyclic amines) is 1. The van der Waals surface area contributed by atoms with Crippen molar-refractivity contribution in [1.29, 1.82) is 0 Å². The Bertz CT molecular complexity index is 1080. The zero-order chi connectivity index (χ0) is 22.4. The molecule has 0 spiro atoms. The van der Waals surface area contributed by atoms with Gasteiger partial charge in [-0.15, -0.1) is 0 Å². The van der Waals surface area contributed by atoms with E-state index in [1.54, 1.807) is 49.1 Å². The second-order valence-electron chi connectivity index (χ2n) is 8.65. The summed E-state index contributed by atoms with van der Waals surface area (Å²) in [4.78, 5) is 14.4. The summed E-state index contributed by atoms with van der Waals surface area (Å²) in [5.74, 6) is 0.452. The minimum Gasteiger partial charge on any atom is -0.485 e. The van der Waals surface area contributed by atoms with Gasteiger partial charge >= 0.3 is 0 Å². The highest BCUT2D eigenvalue weighted by Crippen LogP contribution is 2.45. The Morgan fingerprint density at radius 1 is 1.13 bits per heavy atom. The molecular weight excluding hydrogens is 416 g/mol. The number of aliphatic hydroxyl groups is 1. The minimum absolute atomic E-state index is 0.0337. The van der Waals surface area contributed by atoms with Gasteiger partial charge in [0.05, 0.1) is 16.6 Å².